The zero-order valence-electron chi connectivity index (χ0n) is 12.9. The van der Waals surface area contributed by atoms with E-state index in [1.54, 1.807) is 6.33 Å². The van der Waals surface area contributed by atoms with Gasteiger partial charge in [0.15, 0.2) is 20.8 Å². The van der Waals surface area contributed by atoms with Gasteiger partial charge in [-0.25, -0.2) is 15.0 Å². The van der Waals surface area contributed by atoms with Crippen LogP contribution in [-0.4, -0.2) is 26.1 Å². The second kappa shape index (κ2) is 6.52. The van der Waals surface area contributed by atoms with Crippen LogP contribution in [0.5, 0.6) is 0 Å². The zero-order chi connectivity index (χ0) is 16.5. The van der Waals surface area contributed by atoms with Gasteiger partial charge in [0.25, 0.3) is 0 Å². The molecule has 0 bridgehead atoms. The Kier molecular flexibility index (Phi) is 4.23. The number of nitrogens with one attached hydrogen (secondary N) is 1. The lowest BCUT2D eigenvalue weighted by atomic mass is 10.2. The standard InChI is InChI=1S/C16H17IN6O/c17-16-21-14(20-11-6-2-1-5-10(11)18)13-15(22-16)23(9-19-13)12-7-3-4-8-24-12/h1-2,5-6,9,12H,3-4,7-8,18H2,(H,20,21,22). The molecule has 1 aliphatic heterocycles. The number of aromatic nitrogens is 4. The minimum atomic E-state index is -0.0101. The van der Waals surface area contributed by atoms with Crippen LogP contribution >= 0.6 is 22.6 Å². The van der Waals surface area contributed by atoms with Gasteiger partial charge in [-0.15, -0.1) is 0 Å². The maximum absolute atomic E-state index is 6.02. The number of hydrogen-bond acceptors (Lipinski definition) is 6. The van der Waals surface area contributed by atoms with Gasteiger partial charge in [-0.1, -0.05) is 12.1 Å². The molecule has 1 fully saturated rings. The molecule has 2 aromatic heterocycles. The van der Waals surface area contributed by atoms with Crippen molar-refractivity contribution in [2.75, 3.05) is 17.7 Å². The fraction of sp³-hybridized carbons (Fsp3) is 0.312. The predicted molar refractivity (Wildman–Crippen MR) is 101 cm³/mol. The summed E-state index contributed by atoms with van der Waals surface area (Å²) in [6, 6.07) is 7.59. The highest BCUT2D eigenvalue weighted by atomic mass is 127. The third-order valence-corrected chi connectivity index (χ3v) is 4.56. The number of fused-ring (bicyclic) bond motifs is 1. The van der Waals surface area contributed by atoms with E-state index in [0.717, 1.165) is 37.2 Å². The molecule has 124 valence electrons. The maximum Gasteiger partial charge on any atom is 0.194 e. The lowest BCUT2D eigenvalue weighted by Gasteiger charge is -2.23. The number of benzene rings is 1. The van der Waals surface area contributed by atoms with Gasteiger partial charge in [0.2, 0.25) is 0 Å². The van der Waals surface area contributed by atoms with E-state index in [2.05, 4.69) is 42.9 Å². The van der Waals surface area contributed by atoms with Gasteiger partial charge >= 0.3 is 0 Å². The molecule has 3 aromatic rings. The first-order valence-corrected chi connectivity index (χ1v) is 8.93. The molecule has 0 amide bonds. The fourth-order valence-corrected chi connectivity index (χ4v) is 3.34. The van der Waals surface area contributed by atoms with Gasteiger partial charge in [0, 0.05) is 29.2 Å². The molecule has 0 saturated carbocycles. The Morgan fingerprint density at radius 3 is 2.92 bits per heavy atom. The summed E-state index contributed by atoms with van der Waals surface area (Å²) in [4.78, 5) is 13.6. The number of para-hydroxylation sites is 2. The number of halogens is 1. The topological polar surface area (TPSA) is 90.9 Å². The van der Waals surface area contributed by atoms with Crippen molar-refractivity contribution in [2.45, 2.75) is 25.5 Å². The molecule has 1 aromatic carbocycles. The van der Waals surface area contributed by atoms with Crippen molar-refractivity contribution >= 4 is 50.9 Å². The summed E-state index contributed by atoms with van der Waals surface area (Å²) in [7, 11) is 0. The minimum absolute atomic E-state index is 0.0101. The molecule has 3 N–H and O–H groups in total. The monoisotopic (exact) mass is 436 g/mol. The van der Waals surface area contributed by atoms with Crippen LogP contribution in [0.2, 0.25) is 0 Å². The highest BCUT2D eigenvalue weighted by Crippen LogP contribution is 2.30. The SMILES string of the molecule is Nc1ccccc1Nc1nc(I)nc2c1ncn2C1CCCCO1. The Bertz CT molecular complexity index is 874. The number of nitrogen functional groups attached to an aromatic ring is 1. The third kappa shape index (κ3) is 2.91. The first-order valence-electron chi connectivity index (χ1n) is 7.85. The van der Waals surface area contributed by atoms with E-state index in [4.69, 9.17) is 10.5 Å². The van der Waals surface area contributed by atoms with Crippen molar-refractivity contribution < 1.29 is 4.74 Å². The van der Waals surface area contributed by atoms with Gasteiger partial charge in [-0.3, -0.25) is 4.57 Å². The number of nitrogens with two attached hydrogens (primary N) is 1. The first-order chi connectivity index (χ1) is 11.7. The van der Waals surface area contributed by atoms with Crippen LogP contribution in [-0.2, 0) is 4.74 Å². The van der Waals surface area contributed by atoms with Crippen molar-refractivity contribution in [3.63, 3.8) is 0 Å². The Hall–Kier alpha value is -1.94. The molecule has 0 radical (unpaired) electrons. The molecular formula is C16H17IN6O. The summed E-state index contributed by atoms with van der Waals surface area (Å²) >= 11 is 2.11. The van der Waals surface area contributed by atoms with Gasteiger partial charge in [-0.2, -0.15) is 0 Å². The Morgan fingerprint density at radius 2 is 2.12 bits per heavy atom. The molecule has 24 heavy (non-hydrogen) atoms. The summed E-state index contributed by atoms with van der Waals surface area (Å²) in [6.07, 6.45) is 5.00. The smallest absolute Gasteiger partial charge is 0.194 e. The van der Waals surface area contributed by atoms with E-state index < -0.39 is 0 Å². The van der Waals surface area contributed by atoms with Crippen molar-refractivity contribution in [2.24, 2.45) is 0 Å². The van der Waals surface area contributed by atoms with Crippen LogP contribution in [0.25, 0.3) is 11.2 Å². The van der Waals surface area contributed by atoms with Crippen LogP contribution in [0, 0.1) is 3.83 Å². The molecule has 3 heterocycles. The largest absolute Gasteiger partial charge is 0.397 e. The Morgan fingerprint density at radius 1 is 1.25 bits per heavy atom. The van der Waals surface area contributed by atoms with E-state index in [0.29, 0.717) is 20.9 Å². The summed E-state index contributed by atoms with van der Waals surface area (Å²) in [6.45, 7) is 0.776. The normalized spacial score (nSPS) is 18.0. The molecular weight excluding hydrogens is 419 g/mol. The lowest BCUT2D eigenvalue weighted by molar-refractivity contribution is -0.0298. The van der Waals surface area contributed by atoms with Crippen molar-refractivity contribution in [1.29, 1.82) is 0 Å². The highest BCUT2D eigenvalue weighted by Gasteiger charge is 2.21. The average Bonchev–Trinajstić information content (AvgIpc) is 3.01. The Balaban J connectivity index is 1.76. The number of rotatable bonds is 3. The lowest BCUT2D eigenvalue weighted by Crippen LogP contribution is -2.18. The van der Waals surface area contributed by atoms with Gasteiger partial charge in [-0.05, 0) is 31.4 Å². The van der Waals surface area contributed by atoms with Crippen LogP contribution < -0.4 is 11.1 Å². The van der Waals surface area contributed by atoms with Gasteiger partial charge < -0.3 is 15.8 Å². The summed E-state index contributed by atoms with van der Waals surface area (Å²) < 4.78 is 8.51. The van der Waals surface area contributed by atoms with Gasteiger partial charge in [0.05, 0.1) is 17.7 Å². The maximum atomic E-state index is 6.02. The summed E-state index contributed by atoms with van der Waals surface area (Å²) in [5.74, 6) is 0.650. The zero-order valence-corrected chi connectivity index (χ0v) is 15.1. The highest BCUT2D eigenvalue weighted by molar-refractivity contribution is 14.1. The second-order valence-electron chi connectivity index (χ2n) is 5.70. The van der Waals surface area contributed by atoms with E-state index in [1.165, 1.54) is 0 Å². The summed E-state index contributed by atoms with van der Waals surface area (Å²) in [5, 5.41) is 3.27. The number of anilines is 3. The van der Waals surface area contributed by atoms with E-state index in [1.807, 2.05) is 28.8 Å². The quantitative estimate of drug-likeness (QED) is 0.371. The van der Waals surface area contributed by atoms with Crippen molar-refractivity contribution in [1.82, 2.24) is 19.5 Å². The molecule has 1 aliphatic rings. The average molecular weight is 436 g/mol. The molecule has 1 saturated heterocycles. The number of imidazole rings is 1. The van der Waals surface area contributed by atoms with Crippen LogP contribution in [0.4, 0.5) is 17.2 Å². The van der Waals surface area contributed by atoms with Gasteiger partial charge in [0.1, 0.15) is 6.23 Å². The molecule has 1 unspecified atom stereocenters. The van der Waals surface area contributed by atoms with Crippen LogP contribution in [0.3, 0.4) is 0 Å². The molecule has 0 aliphatic carbocycles. The number of hydrogen-bond donors (Lipinski definition) is 2. The first kappa shape index (κ1) is 15.6. The third-order valence-electron chi connectivity index (χ3n) is 4.07. The van der Waals surface area contributed by atoms with E-state index >= 15 is 0 Å². The molecule has 1 atom stereocenters. The van der Waals surface area contributed by atoms with Crippen molar-refractivity contribution in [3.05, 3.63) is 34.4 Å². The Labute approximate surface area is 152 Å². The second-order valence-corrected chi connectivity index (χ2v) is 6.66. The van der Waals surface area contributed by atoms with E-state index in [9.17, 15) is 0 Å². The van der Waals surface area contributed by atoms with E-state index in [-0.39, 0.29) is 6.23 Å². The summed E-state index contributed by atoms with van der Waals surface area (Å²) in [5.41, 5.74) is 8.98. The van der Waals surface area contributed by atoms with Crippen molar-refractivity contribution in [3.8, 4) is 0 Å². The minimum Gasteiger partial charge on any atom is -0.397 e. The molecule has 4 rings (SSSR count). The predicted octanol–water partition coefficient (Wildman–Crippen LogP) is 3.46. The van der Waals surface area contributed by atoms with Crippen LogP contribution in [0.1, 0.15) is 25.5 Å². The molecule has 0 spiro atoms. The number of ether oxygens (including phenoxy) is 1. The molecule has 7 nitrogen and oxygen atoms in total. The molecule has 8 heteroatoms. The van der Waals surface area contributed by atoms with Crippen LogP contribution in [0.15, 0.2) is 30.6 Å². The number of nitrogens with zero attached hydrogens (tertiary/aromatic N) is 4. The fourth-order valence-electron chi connectivity index (χ4n) is 2.87.